The van der Waals surface area contributed by atoms with Gasteiger partial charge in [0.25, 0.3) is 5.91 Å². The van der Waals surface area contributed by atoms with Crippen LogP contribution in [0.4, 0.5) is 0 Å². The van der Waals surface area contributed by atoms with Crippen LogP contribution in [0.3, 0.4) is 0 Å². The van der Waals surface area contributed by atoms with Gasteiger partial charge in [0.05, 0.1) is 12.6 Å². The van der Waals surface area contributed by atoms with Crippen LogP contribution in [0.1, 0.15) is 54.4 Å². The number of hydrogen-bond donors (Lipinski definition) is 1. The Bertz CT molecular complexity index is 1060. The van der Waals surface area contributed by atoms with Gasteiger partial charge in [-0.25, -0.2) is 0 Å². The molecule has 2 unspecified atom stereocenters. The van der Waals surface area contributed by atoms with Crippen molar-refractivity contribution in [2.45, 2.75) is 59.2 Å². The van der Waals surface area contributed by atoms with Gasteiger partial charge in [-0.2, -0.15) is 0 Å². The highest BCUT2D eigenvalue weighted by Crippen LogP contribution is 2.30. The molecular formula is C28H38N4O3S. The fourth-order valence-corrected chi connectivity index (χ4v) is 5.71. The molecule has 0 spiro atoms. The standard InChI is InChI=1S/C28H38N4O3S/c1-20-7-9-21(10-8-20)26(34)32-18-22(16-24(32)27(35)30-13-11-29-12-14-30)31(19-23-6-5-15-36-23)25(33)17-28(2,3)4/h5-10,15,22,24,29H,11-14,16-19H2,1-4H3. The lowest BCUT2D eigenvalue weighted by Gasteiger charge is -2.32. The van der Waals surface area contributed by atoms with E-state index in [4.69, 9.17) is 0 Å². The smallest absolute Gasteiger partial charge is 0.254 e. The zero-order valence-corrected chi connectivity index (χ0v) is 22.6. The Balaban J connectivity index is 1.63. The molecular weight excluding hydrogens is 472 g/mol. The predicted octanol–water partition coefficient (Wildman–Crippen LogP) is 3.54. The van der Waals surface area contributed by atoms with Crippen molar-refractivity contribution < 1.29 is 14.4 Å². The molecule has 36 heavy (non-hydrogen) atoms. The molecule has 2 atom stereocenters. The third-order valence-electron chi connectivity index (χ3n) is 6.90. The van der Waals surface area contributed by atoms with Crippen LogP contribution in [-0.2, 0) is 16.1 Å². The second kappa shape index (κ2) is 11.1. The molecule has 1 aromatic heterocycles. The van der Waals surface area contributed by atoms with Crippen molar-refractivity contribution in [1.82, 2.24) is 20.0 Å². The van der Waals surface area contributed by atoms with Gasteiger partial charge in [0.15, 0.2) is 0 Å². The number of benzene rings is 1. The zero-order valence-electron chi connectivity index (χ0n) is 21.8. The number of thiophene rings is 1. The number of rotatable bonds is 6. The van der Waals surface area contributed by atoms with Crippen LogP contribution in [-0.4, -0.2) is 77.2 Å². The van der Waals surface area contributed by atoms with Crippen LogP contribution in [0, 0.1) is 12.3 Å². The first-order valence-corrected chi connectivity index (χ1v) is 13.7. The molecule has 8 heteroatoms. The molecule has 1 N–H and O–H groups in total. The number of hydrogen-bond acceptors (Lipinski definition) is 5. The molecule has 3 amide bonds. The molecule has 2 saturated heterocycles. The van der Waals surface area contributed by atoms with Crippen LogP contribution in [0.15, 0.2) is 41.8 Å². The summed E-state index contributed by atoms with van der Waals surface area (Å²) in [6, 6.07) is 10.7. The summed E-state index contributed by atoms with van der Waals surface area (Å²) in [5, 5.41) is 5.30. The average molecular weight is 511 g/mol. The summed E-state index contributed by atoms with van der Waals surface area (Å²) < 4.78 is 0. The second-order valence-electron chi connectivity index (χ2n) is 11.1. The minimum absolute atomic E-state index is 0.0150. The van der Waals surface area contributed by atoms with Crippen molar-refractivity contribution in [1.29, 1.82) is 0 Å². The number of aryl methyl sites for hydroxylation is 1. The molecule has 4 rings (SSSR count). The molecule has 3 heterocycles. The first-order valence-electron chi connectivity index (χ1n) is 12.8. The number of nitrogens with zero attached hydrogens (tertiary/aromatic N) is 3. The van der Waals surface area contributed by atoms with Gasteiger partial charge < -0.3 is 20.0 Å². The Labute approximate surface area is 218 Å². The Kier molecular flexibility index (Phi) is 8.15. The fourth-order valence-electron chi connectivity index (χ4n) is 5.00. The summed E-state index contributed by atoms with van der Waals surface area (Å²) in [7, 11) is 0. The summed E-state index contributed by atoms with van der Waals surface area (Å²) in [5.74, 6) is -0.0944. The van der Waals surface area contributed by atoms with Crippen molar-refractivity contribution in [2.75, 3.05) is 32.7 Å². The van der Waals surface area contributed by atoms with E-state index in [-0.39, 0.29) is 29.2 Å². The Hall–Kier alpha value is -2.71. The van der Waals surface area contributed by atoms with Gasteiger partial charge in [0.2, 0.25) is 11.8 Å². The van der Waals surface area contributed by atoms with Gasteiger partial charge in [0.1, 0.15) is 6.04 Å². The monoisotopic (exact) mass is 510 g/mol. The quantitative estimate of drug-likeness (QED) is 0.645. The molecule has 0 bridgehead atoms. The molecule has 2 fully saturated rings. The van der Waals surface area contributed by atoms with Crippen LogP contribution >= 0.6 is 11.3 Å². The zero-order chi connectivity index (χ0) is 25.9. The van der Waals surface area contributed by atoms with Crippen LogP contribution < -0.4 is 5.32 Å². The number of likely N-dealkylation sites (tertiary alicyclic amines) is 1. The number of nitrogens with one attached hydrogen (secondary N) is 1. The highest BCUT2D eigenvalue weighted by Gasteiger charge is 2.45. The maximum Gasteiger partial charge on any atom is 0.254 e. The largest absolute Gasteiger partial charge is 0.338 e. The molecule has 2 aliphatic rings. The van der Waals surface area contributed by atoms with E-state index in [0.717, 1.165) is 23.5 Å². The molecule has 7 nitrogen and oxygen atoms in total. The van der Waals surface area contributed by atoms with E-state index in [2.05, 4.69) is 26.1 Å². The average Bonchev–Trinajstić information content (AvgIpc) is 3.52. The van der Waals surface area contributed by atoms with E-state index in [9.17, 15) is 14.4 Å². The number of carbonyl (C=O) groups is 3. The summed E-state index contributed by atoms with van der Waals surface area (Å²) >= 11 is 1.62. The Morgan fingerprint density at radius 2 is 1.78 bits per heavy atom. The number of amides is 3. The van der Waals surface area contributed by atoms with Crippen molar-refractivity contribution in [2.24, 2.45) is 5.41 Å². The molecule has 194 valence electrons. The van der Waals surface area contributed by atoms with Crippen LogP contribution in [0.2, 0.25) is 0 Å². The van der Waals surface area contributed by atoms with Gasteiger partial charge in [-0.05, 0) is 42.3 Å². The minimum atomic E-state index is -0.574. The van der Waals surface area contributed by atoms with E-state index in [1.807, 2.05) is 58.5 Å². The van der Waals surface area contributed by atoms with Gasteiger partial charge in [-0.1, -0.05) is 44.5 Å². The second-order valence-corrected chi connectivity index (χ2v) is 12.2. The summed E-state index contributed by atoms with van der Waals surface area (Å²) in [5.41, 5.74) is 1.50. The topological polar surface area (TPSA) is 73.0 Å². The summed E-state index contributed by atoms with van der Waals surface area (Å²) in [6.07, 6.45) is 0.874. The van der Waals surface area contributed by atoms with Gasteiger partial charge in [0, 0.05) is 49.6 Å². The lowest BCUT2D eigenvalue weighted by molar-refractivity contribution is -0.137. The SMILES string of the molecule is Cc1ccc(C(=O)N2CC(N(Cc3cccs3)C(=O)CC(C)(C)C)CC2C(=O)N2CCNCC2)cc1. The molecule has 2 aromatic rings. The predicted molar refractivity (Wildman–Crippen MR) is 143 cm³/mol. The highest BCUT2D eigenvalue weighted by atomic mass is 32.1. The summed E-state index contributed by atoms with van der Waals surface area (Å²) in [4.78, 5) is 47.5. The van der Waals surface area contributed by atoms with Crippen molar-refractivity contribution >= 4 is 29.1 Å². The van der Waals surface area contributed by atoms with Crippen LogP contribution in [0.5, 0.6) is 0 Å². The lowest BCUT2D eigenvalue weighted by Crippen LogP contribution is -2.53. The first-order chi connectivity index (χ1) is 17.1. The molecule has 1 aromatic carbocycles. The molecule has 0 saturated carbocycles. The van der Waals surface area contributed by atoms with E-state index in [0.29, 0.717) is 44.6 Å². The van der Waals surface area contributed by atoms with Crippen LogP contribution in [0.25, 0.3) is 0 Å². The lowest BCUT2D eigenvalue weighted by atomic mass is 9.91. The Morgan fingerprint density at radius 3 is 2.39 bits per heavy atom. The van der Waals surface area contributed by atoms with Gasteiger partial charge in [-0.15, -0.1) is 11.3 Å². The van der Waals surface area contributed by atoms with Gasteiger partial charge in [-0.3, -0.25) is 14.4 Å². The van der Waals surface area contributed by atoms with E-state index in [1.165, 1.54) is 0 Å². The molecule has 0 aliphatic carbocycles. The highest BCUT2D eigenvalue weighted by molar-refractivity contribution is 7.09. The van der Waals surface area contributed by atoms with Crippen molar-refractivity contribution in [3.8, 4) is 0 Å². The van der Waals surface area contributed by atoms with E-state index >= 15 is 0 Å². The van der Waals surface area contributed by atoms with E-state index in [1.54, 1.807) is 16.2 Å². The van der Waals surface area contributed by atoms with Gasteiger partial charge >= 0.3 is 0 Å². The minimum Gasteiger partial charge on any atom is -0.338 e. The van der Waals surface area contributed by atoms with Crippen molar-refractivity contribution in [3.05, 3.63) is 57.8 Å². The maximum absolute atomic E-state index is 13.7. The third kappa shape index (κ3) is 6.34. The van der Waals surface area contributed by atoms with Crippen molar-refractivity contribution in [3.63, 3.8) is 0 Å². The summed E-state index contributed by atoms with van der Waals surface area (Å²) in [6.45, 7) is 11.8. The Morgan fingerprint density at radius 1 is 1.08 bits per heavy atom. The normalized spacial score (nSPS) is 20.4. The maximum atomic E-state index is 13.7. The van der Waals surface area contributed by atoms with E-state index < -0.39 is 6.04 Å². The number of carbonyl (C=O) groups excluding carboxylic acids is 3. The molecule has 0 radical (unpaired) electrons. The fraction of sp³-hybridized carbons (Fsp3) is 0.536. The third-order valence-corrected chi connectivity index (χ3v) is 7.76. The molecule has 2 aliphatic heterocycles. The first kappa shape index (κ1) is 26.4. The number of piperazine rings is 1.